The van der Waals surface area contributed by atoms with Crippen LogP contribution < -0.4 is 10.1 Å². The molecule has 1 aromatic rings. The Morgan fingerprint density at radius 1 is 1.19 bits per heavy atom. The monoisotopic (exact) mass is 520 g/mol. The van der Waals surface area contributed by atoms with Gasteiger partial charge in [-0.05, 0) is 51.6 Å². The summed E-state index contributed by atoms with van der Waals surface area (Å²) >= 11 is 0. The molecule has 0 radical (unpaired) electrons. The minimum Gasteiger partial charge on any atom is -0.496 e. The molecule has 2 aliphatic heterocycles. The molecule has 0 unspecified atom stereocenters. The fourth-order valence-corrected chi connectivity index (χ4v) is 4.56. The van der Waals surface area contributed by atoms with Crippen molar-refractivity contribution in [2.24, 2.45) is 0 Å². The van der Waals surface area contributed by atoms with Crippen LogP contribution in [0.5, 0.6) is 5.75 Å². The number of hydrogen-bond acceptors (Lipinski definition) is 8. The number of unbranched alkanes of at least 4 members (excludes halogenated alkanes) is 1. The maximum Gasteiger partial charge on any atom is 0.341 e. The molecule has 1 saturated heterocycles. The van der Waals surface area contributed by atoms with Gasteiger partial charge in [0.1, 0.15) is 12.4 Å². The van der Waals surface area contributed by atoms with E-state index in [0.717, 1.165) is 56.8 Å². The molecule has 204 valence electrons. The summed E-state index contributed by atoms with van der Waals surface area (Å²) in [4.78, 5) is 38.8. The molecule has 0 bridgehead atoms. The molecule has 37 heavy (non-hydrogen) atoms. The number of rotatable bonds is 13. The molecule has 1 N–H and O–H groups in total. The van der Waals surface area contributed by atoms with Crippen molar-refractivity contribution in [3.63, 3.8) is 0 Å². The highest BCUT2D eigenvalue weighted by Gasteiger charge is 2.32. The zero-order chi connectivity index (χ0) is 26.8. The Kier molecular flexibility index (Phi) is 10.9. The van der Waals surface area contributed by atoms with Crippen molar-refractivity contribution in [3.05, 3.63) is 33.9 Å². The number of methoxy groups -OCH3 is 1. The van der Waals surface area contributed by atoms with Crippen LogP contribution >= 0.6 is 0 Å². The van der Waals surface area contributed by atoms with Gasteiger partial charge in [0, 0.05) is 30.6 Å². The fraction of sp³-hybridized carbons (Fsp3) is 0.593. The maximum absolute atomic E-state index is 13.0. The lowest BCUT2D eigenvalue weighted by atomic mass is 9.93. The Morgan fingerprint density at radius 2 is 1.95 bits per heavy atom. The standard InChI is InChI=1S/C27H37FN2O7/c1-18(7-9-23(32)36-13-5-4-10-30-11-14-35-15-12-30)6-8-20-25(29-22(31)16-28)24-21(17-37-27(24)33)19(2)26(20)34-3/h6H,4-5,7-17H2,1-3H3,(H,29,31)/b18-6+. The summed E-state index contributed by atoms with van der Waals surface area (Å²) in [6.45, 7) is 7.43. The van der Waals surface area contributed by atoms with Crippen molar-refractivity contribution < 1.29 is 37.7 Å². The number of ether oxygens (including phenoxy) is 4. The van der Waals surface area contributed by atoms with Crippen LogP contribution in [-0.2, 0) is 36.8 Å². The number of carbonyl (C=O) groups excluding carboxylic acids is 3. The zero-order valence-electron chi connectivity index (χ0n) is 22.0. The Labute approximate surface area is 217 Å². The molecule has 9 nitrogen and oxygen atoms in total. The smallest absolute Gasteiger partial charge is 0.341 e. The highest BCUT2D eigenvalue weighted by molar-refractivity contribution is 6.06. The van der Waals surface area contributed by atoms with Gasteiger partial charge in [0.25, 0.3) is 5.91 Å². The summed E-state index contributed by atoms with van der Waals surface area (Å²) < 4.78 is 34.5. The van der Waals surface area contributed by atoms with Gasteiger partial charge in [-0.25, -0.2) is 9.18 Å². The van der Waals surface area contributed by atoms with Gasteiger partial charge < -0.3 is 24.3 Å². The molecule has 1 fully saturated rings. The highest BCUT2D eigenvalue weighted by Crippen LogP contribution is 2.41. The van der Waals surface area contributed by atoms with Crippen molar-refractivity contribution in [1.29, 1.82) is 0 Å². The average Bonchev–Trinajstić information content (AvgIpc) is 3.29. The first-order chi connectivity index (χ1) is 17.8. The minimum atomic E-state index is -1.22. The minimum absolute atomic E-state index is 0.0688. The number of nitrogens with one attached hydrogen (secondary N) is 1. The van der Waals surface area contributed by atoms with Crippen LogP contribution in [0, 0.1) is 6.92 Å². The summed E-state index contributed by atoms with van der Waals surface area (Å²) in [6, 6.07) is 0. The van der Waals surface area contributed by atoms with Crippen molar-refractivity contribution in [3.8, 4) is 5.75 Å². The second kappa shape index (κ2) is 14.1. The van der Waals surface area contributed by atoms with Crippen LogP contribution in [0.2, 0.25) is 0 Å². The maximum atomic E-state index is 13.0. The molecule has 3 rings (SSSR count). The quantitative estimate of drug-likeness (QED) is 0.240. The van der Waals surface area contributed by atoms with Crippen LogP contribution in [0.25, 0.3) is 0 Å². The number of amides is 1. The zero-order valence-corrected chi connectivity index (χ0v) is 22.0. The second-order valence-electron chi connectivity index (χ2n) is 9.26. The highest BCUT2D eigenvalue weighted by atomic mass is 19.1. The lowest BCUT2D eigenvalue weighted by molar-refractivity contribution is -0.143. The number of morpholine rings is 1. The summed E-state index contributed by atoms with van der Waals surface area (Å²) in [5.41, 5.74) is 3.30. The molecule has 1 amide bonds. The van der Waals surface area contributed by atoms with E-state index in [1.165, 1.54) is 7.11 Å². The molecule has 0 spiro atoms. The number of hydrogen-bond donors (Lipinski definition) is 1. The van der Waals surface area contributed by atoms with Crippen LogP contribution in [0.3, 0.4) is 0 Å². The Balaban J connectivity index is 1.56. The molecule has 0 aliphatic carbocycles. The van der Waals surface area contributed by atoms with Gasteiger partial charge >= 0.3 is 11.9 Å². The van der Waals surface area contributed by atoms with E-state index in [4.69, 9.17) is 18.9 Å². The summed E-state index contributed by atoms with van der Waals surface area (Å²) in [6.07, 6.45) is 4.78. The molecule has 0 aromatic heterocycles. The molecule has 10 heteroatoms. The van der Waals surface area contributed by atoms with Crippen molar-refractivity contribution >= 4 is 23.5 Å². The molecular weight excluding hydrogens is 483 g/mol. The number of cyclic esters (lactones) is 1. The molecule has 2 aliphatic rings. The molecule has 0 saturated carbocycles. The summed E-state index contributed by atoms with van der Waals surface area (Å²) in [7, 11) is 1.50. The summed E-state index contributed by atoms with van der Waals surface area (Å²) in [5.74, 6) is -1.16. The fourth-order valence-electron chi connectivity index (χ4n) is 4.56. The van der Waals surface area contributed by atoms with Crippen LogP contribution in [-0.4, -0.2) is 76.0 Å². The van der Waals surface area contributed by atoms with Crippen LogP contribution in [0.15, 0.2) is 11.6 Å². The third-order valence-electron chi connectivity index (χ3n) is 6.68. The molecular formula is C27H37FN2O7. The Bertz CT molecular complexity index is 1020. The first kappa shape index (κ1) is 28.6. The average molecular weight is 521 g/mol. The van der Waals surface area contributed by atoms with E-state index in [9.17, 15) is 18.8 Å². The first-order valence-corrected chi connectivity index (χ1v) is 12.7. The van der Waals surface area contributed by atoms with E-state index in [1.807, 2.05) is 19.9 Å². The topological polar surface area (TPSA) is 103 Å². The predicted molar refractivity (Wildman–Crippen MR) is 136 cm³/mol. The van der Waals surface area contributed by atoms with Gasteiger partial charge in [-0.2, -0.15) is 0 Å². The molecule has 1 aromatic carbocycles. The van der Waals surface area contributed by atoms with E-state index in [1.54, 1.807) is 0 Å². The van der Waals surface area contributed by atoms with Gasteiger partial charge in [-0.3, -0.25) is 14.5 Å². The number of alkyl halides is 1. The van der Waals surface area contributed by atoms with Gasteiger partial charge in [0.15, 0.2) is 6.67 Å². The SMILES string of the molecule is COc1c(C)c2c(c(NC(=O)CF)c1C/C=C(\C)CCC(=O)OCCCCN1CCOCC1)C(=O)OC2. The summed E-state index contributed by atoms with van der Waals surface area (Å²) in [5, 5.41) is 2.51. The number of halogens is 1. The third kappa shape index (κ3) is 7.75. The number of benzene rings is 1. The number of carbonyl (C=O) groups is 3. The van der Waals surface area contributed by atoms with Gasteiger partial charge in [-0.15, -0.1) is 0 Å². The first-order valence-electron chi connectivity index (χ1n) is 12.7. The van der Waals surface area contributed by atoms with Gasteiger partial charge in [-0.1, -0.05) is 11.6 Å². The van der Waals surface area contributed by atoms with E-state index in [0.29, 0.717) is 36.3 Å². The van der Waals surface area contributed by atoms with Crippen molar-refractivity contribution in [2.45, 2.75) is 52.6 Å². The number of nitrogens with zero attached hydrogens (tertiary/aromatic N) is 1. The van der Waals surface area contributed by atoms with Crippen molar-refractivity contribution in [2.75, 3.05) is 58.6 Å². The van der Waals surface area contributed by atoms with Crippen molar-refractivity contribution in [1.82, 2.24) is 4.90 Å². The third-order valence-corrected chi connectivity index (χ3v) is 6.68. The number of allylic oxidation sites excluding steroid dienone is 2. The normalized spacial score (nSPS) is 15.8. The predicted octanol–water partition coefficient (Wildman–Crippen LogP) is 3.51. The van der Waals surface area contributed by atoms with Gasteiger partial charge in [0.2, 0.25) is 0 Å². The number of fused-ring (bicyclic) bond motifs is 1. The molecule has 2 heterocycles. The number of esters is 2. The second-order valence-corrected chi connectivity index (χ2v) is 9.26. The van der Waals surface area contributed by atoms with E-state index < -0.39 is 18.6 Å². The van der Waals surface area contributed by atoms with E-state index in [-0.39, 0.29) is 30.2 Å². The Hall–Kier alpha value is -2.98. The number of anilines is 1. The largest absolute Gasteiger partial charge is 0.496 e. The van der Waals surface area contributed by atoms with Crippen LogP contribution in [0.4, 0.5) is 10.1 Å². The molecule has 0 atom stereocenters. The Morgan fingerprint density at radius 3 is 2.65 bits per heavy atom. The lowest BCUT2D eigenvalue weighted by Gasteiger charge is -2.26. The lowest BCUT2D eigenvalue weighted by Crippen LogP contribution is -2.36. The van der Waals surface area contributed by atoms with Crippen LogP contribution in [0.1, 0.15) is 59.7 Å². The van der Waals surface area contributed by atoms with E-state index in [2.05, 4.69) is 10.2 Å². The van der Waals surface area contributed by atoms with Gasteiger partial charge in [0.05, 0.1) is 38.2 Å². The van der Waals surface area contributed by atoms with E-state index >= 15 is 0 Å².